The van der Waals surface area contributed by atoms with Crippen molar-refractivity contribution in [3.05, 3.63) is 33.4 Å². The third-order valence-corrected chi connectivity index (χ3v) is 5.14. The third-order valence-electron chi connectivity index (χ3n) is 5.14. The summed E-state index contributed by atoms with van der Waals surface area (Å²) in [7, 11) is 0. The minimum Gasteiger partial charge on any atom is -0.502 e. The average Bonchev–Trinajstić information content (AvgIpc) is 2.59. The zero-order valence-corrected chi connectivity index (χ0v) is 14.0. The minimum atomic E-state index is -0.479. The number of hydrogen-bond donors (Lipinski definition) is 2. The molecular formula is C17H25N3O4. The van der Waals surface area contributed by atoms with E-state index in [0.717, 1.165) is 39.0 Å². The number of benzene rings is 1. The zero-order chi connectivity index (χ0) is 17.1. The second-order valence-corrected chi connectivity index (χ2v) is 6.61. The average molecular weight is 335 g/mol. The number of nitrogens with one attached hydrogen (secondary N) is 1. The smallest absolute Gasteiger partial charge is 0.313 e. The van der Waals surface area contributed by atoms with E-state index in [9.17, 15) is 15.2 Å². The van der Waals surface area contributed by atoms with Gasteiger partial charge in [0.05, 0.1) is 4.92 Å². The maximum absolute atomic E-state index is 11.4. The fourth-order valence-electron chi connectivity index (χ4n) is 3.91. The van der Waals surface area contributed by atoms with E-state index >= 15 is 0 Å². The van der Waals surface area contributed by atoms with Crippen molar-refractivity contribution in [3.8, 4) is 5.75 Å². The van der Waals surface area contributed by atoms with Gasteiger partial charge >= 0.3 is 5.69 Å². The number of nitro groups is 1. The number of piperazine rings is 1. The van der Waals surface area contributed by atoms with Gasteiger partial charge in [0, 0.05) is 56.6 Å². The molecule has 0 spiro atoms. The van der Waals surface area contributed by atoms with Crippen LogP contribution < -0.4 is 5.32 Å². The molecule has 2 aliphatic rings. The molecule has 132 valence electrons. The number of nitrogens with zero attached hydrogens (tertiary/aromatic N) is 2. The summed E-state index contributed by atoms with van der Waals surface area (Å²) in [5, 5.41) is 25.4. The summed E-state index contributed by atoms with van der Waals surface area (Å²) in [4.78, 5) is 13.2. The fourth-order valence-corrected chi connectivity index (χ4v) is 3.91. The van der Waals surface area contributed by atoms with E-state index in [4.69, 9.17) is 4.74 Å². The minimum absolute atomic E-state index is 0.00435. The second-order valence-electron chi connectivity index (χ2n) is 6.61. The van der Waals surface area contributed by atoms with E-state index in [1.165, 1.54) is 0 Å². The summed E-state index contributed by atoms with van der Waals surface area (Å²) in [6, 6.07) is 3.61. The Labute approximate surface area is 141 Å². The number of nitro benzene ring substituents is 1. The Hall–Kier alpha value is -1.70. The van der Waals surface area contributed by atoms with Crippen LogP contribution in [0.25, 0.3) is 0 Å². The molecule has 0 saturated carbocycles. The van der Waals surface area contributed by atoms with Gasteiger partial charge in [0.2, 0.25) is 0 Å². The van der Waals surface area contributed by atoms with E-state index < -0.39 is 4.92 Å². The van der Waals surface area contributed by atoms with Crippen molar-refractivity contribution in [2.45, 2.75) is 25.8 Å². The van der Waals surface area contributed by atoms with E-state index in [-0.39, 0.29) is 17.5 Å². The monoisotopic (exact) mass is 335 g/mol. The van der Waals surface area contributed by atoms with Crippen LogP contribution in [-0.2, 0) is 4.74 Å². The number of ether oxygens (including phenoxy) is 1. The van der Waals surface area contributed by atoms with Crippen molar-refractivity contribution in [2.24, 2.45) is 5.92 Å². The van der Waals surface area contributed by atoms with Gasteiger partial charge in [-0.25, -0.2) is 0 Å². The van der Waals surface area contributed by atoms with Crippen molar-refractivity contribution in [1.29, 1.82) is 0 Å². The Kier molecular flexibility index (Phi) is 5.33. The van der Waals surface area contributed by atoms with E-state index in [0.29, 0.717) is 30.3 Å². The molecular weight excluding hydrogens is 310 g/mol. The van der Waals surface area contributed by atoms with E-state index in [1.807, 2.05) is 6.07 Å². The molecule has 2 N–H and O–H groups in total. The van der Waals surface area contributed by atoms with Gasteiger partial charge in [-0.1, -0.05) is 12.1 Å². The van der Waals surface area contributed by atoms with Gasteiger partial charge in [0.1, 0.15) is 0 Å². The second kappa shape index (κ2) is 7.46. The summed E-state index contributed by atoms with van der Waals surface area (Å²) in [5.74, 6) is 0.167. The SMILES string of the molecule is Cc1ccc([C@@H](C2CCOCC2)N2CCNCC2)c(O)c1[N+](=O)[O-]. The maximum atomic E-state index is 11.4. The Morgan fingerprint density at radius 3 is 2.62 bits per heavy atom. The van der Waals surface area contributed by atoms with Gasteiger partial charge in [-0.2, -0.15) is 0 Å². The lowest BCUT2D eigenvalue weighted by Crippen LogP contribution is -2.47. The Morgan fingerprint density at radius 2 is 2.00 bits per heavy atom. The van der Waals surface area contributed by atoms with Crippen molar-refractivity contribution in [2.75, 3.05) is 39.4 Å². The predicted molar refractivity (Wildman–Crippen MR) is 90.2 cm³/mol. The highest BCUT2D eigenvalue weighted by molar-refractivity contribution is 5.57. The summed E-state index contributed by atoms with van der Waals surface area (Å²) in [6.45, 7) is 6.63. The van der Waals surface area contributed by atoms with Gasteiger partial charge in [0.15, 0.2) is 5.75 Å². The molecule has 2 saturated heterocycles. The lowest BCUT2D eigenvalue weighted by Gasteiger charge is -2.41. The first kappa shape index (κ1) is 17.1. The number of aryl methyl sites for hydroxylation is 1. The van der Waals surface area contributed by atoms with Crippen LogP contribution in [0, 0.1) is 23.0 Å². The molecule has 1 aromatic carbocycles. The highest BCUT2D eigenvalue weighted by atomic mass is 16.6. The third kappa shape index (κ3) is 3.38. The topological polar surface area (TPSA) is 87.9 Å². The summed E-state index contributed by atoms with van der Waals surface area (Å²) in [5.41, 5.74) is 1.01. The van der Waals surface area contributed by atoms with Crippen molar-refractivity contribution >= 4 is 5.69 Å². The highest BCUT2D eigenvalue weighted by Gasteiger charge is 2.35. The van der Waals surface area contributed by atoms with Crippen LogP contribution in [-0.4, -0.2) is 54.3 Å². The van der Waals surface area contributed by atoms with E-state index in [2.05, 4.69) is 10.2 Å². The molecule has 1 aromatic rings. The van der Waals surface area contributed by atoms with E-state index in [1.54, 1.807) is 13.0 Å². The number of rotatable bonds is 4. The van der Waals surface area contributed by atoms with Gasteiger partial charge < -0.3 is 15.2 Å². The number of hydrogen-bond acceptors (Lipinski definition) is 6. The van der Waals surface area contributed by atoms with Gasteiger partial charge in [0.25, 0.3) is 0 Å². The molecule has 0 aliphatic carbocycles. The summed E-state index contributed by atoms with van der Waals surface area (Å²) in [6.07, 6.45) is 1.82. The molecule has 2 fully saturated rings. The van der Waals surface area contributed by atoms with Crippen molar-refractivity contribution < 1.29 is 14.8 Å². The number of phenols is 1. The first-order valence-electron chi connectivity index (χ1n) is 8.59. The molecule has 2 aliphatic heterocycles. The van der Waals surface area contributed by atoms with Crippen LogP contribution in [0.2, 0.25) is 0 Å². The predicted octanol–water partition coefficient (Wildman–Crippen LogP) is 1.98. The lowest BCUT2D eigenvalue weighted by atomic mass is 9.84. The van der Waals surface area contributed by atoms with Gasteiger partial charge in [-0.3, -0.25) is 15.0 Å². The van der Waals surface area contributed by atoms with Crippen LogP contribution in [0.1, 0.15) is 30.0 Å². The molecule has 1 atom stereocenters. The molecule has 0 unspecified atom stereocenters. The molecule has 7 nitrogen and oxygen atoms in total. The molecule has 0 bridgehead atoms. The van der Waals surface area contributed by atoms with Crippen molar-refractivity contribution in [1.82, 2.24) is 10.2 Å². The normalized spacial score (nSPS) is 21.5. The van der Waals surface area contributed by atoms with Gasteiger partial charge in [-0.05, 0) is 25.7 Å². The van der Waals surface area contributed by atoms with Crippen LogP contribution in [0.15, 0.2) is 12.1 Å². The number of aromatic hydroxyl groups is 1. The zero-order valence-electron chi connectivity index (χ0n) is 14.0. The molecule has 3 rings (SSSR count). The molecule has 0 radical (unpaired) electrons. The van der Waals surface area contributed by atoms with Gasteiger partial charge in [-0.15, -0.1) is 0 Å². The molecule has 24 heavy (non-hydrogen) atoms. The van der Waals surface area contributed by atoms with Crippen LogP contribution in [0.4, 0.5) is 5.69 Å². The van der Waals surface area contributed by atoms with Crippen LogP contribution >= 0.6 is 0 Å². The van der Waals surface area contributed by atoms with Crippen LogP contribution in [0.5, 0.6) is 5.75 Å². The first-order valence-corrected chi connectivity index (χ1v) is 8.59. The molecule has 0 amide bonds. The molecule has 0 aromatic heterocycles. The molecule has 2 heterocycles. The number of phenolic OH excluding ortho intramolecular Hbond substituents is 1. The summed E-state index contributed by atoms with van der Waals surface area (Å²) >= 11 is 0. The standard InChI is InChI=1S/C17H25N3O4/c1-12-2-3-14(17(21)15(12)20(22)23)16(13-4-10-24-11-5-13)19-8-6-18-7-9-19/h2-3,13,16,18,21H,4-11H2,1H3/t16-/m1/s1. The van der Waals surface area contributed by atoms with Crippen molar-refractivity contribution in [3.63, 3.8) is 0 Å². The Balaban J connectivity index is 2.01. The fraction of sp³-hybridized carbons (Fsp3) is 0.647. The molecule has 7 heteroatoms. The Bertz CT molecular complexity index is 578. The highest BCUT2D eigenvalue weighted by Crippen LogP contribution is 2.43. The first-order chi connectivity index (χ1) is 11.6. The Morgan fingerprint density at radius 1 is 1.33 bits per heavy atom. The largest absolute Gasteiger partial charge is 0.502 e. The van der Waals surface area contributed by atoms with Crippen LogP contribution in [0.3, 0.4) is 0 Å². The summed E-state index contributed by atoms with van der Waals surface area (Å²) < 4.78 is 5.48. The maximum Gasteiger partial charge on any atom is 0.313 e. The lowest BCUT2D eigenvalue weighted by molar-refractivity contribution is -0.386. The quantitative estimate of drug-likeness (QED) is 0.646.